The first kappa shape index (κ1) is 26.7. The Balaban J connectivity index is 1.11. The average molecular weight is 581 g/mol. The van der Waals surface area contributed by atoms with Crippen molar-refractivity contribution < 1.29 is 22.8 Å². The van der Waals surface area contributed by atoms with Gasteiger partial charge in [0.15, 0.2) is 0 Å². The van der Waals surface area contributed by atoms with Crippen molar-refractivity contribution in [2.75, 3.05) is 28.6 Å². The maximum Gasteiger partial charge on any atom is 0.432 e. The summed E-state index contributed by atoms with van der Waals surface area (Å²) in [5.74, 6) is -0.239. The maximum absolute atomic E-state index is 13.7. The van der Waals surface area contributed by atoms with E-state index in [1.54, 1.807) is 71.6 Å². The molecule has 2 bridgehead atoms. The summed E-state index contributed by atoms with van der Waals surface area (Å²) in [6.07, 6.45) is -2.54. The summed E-state index contributed by atoms with van der Waals surface area (Å²) in [5, 5.41) is 5.85. The molecule has 0 aliphatic carbocycles. The number of aromatic nitrogens is 2. The minimum absolute atomic E-state index is 0.00291. The lowest BCUT2D eigenvalue weighted by Gasteiger charge is -2.35. The van der Waals surface area contributed by atoms with Gasteiger partial charge in [0.1, 0.15) is 11.5 Å². The van der Waals surface area contributed by atoms with Crippen LogP contribution in [0.15, 0.2) is 79.0 Å². The molecule has 2 fully saturated rings. The molecule has 0 saturated carbocycles. The zero-order chi connectivity index (χ0) is 28.7. The highest BCUT2D eigenvalue weighted by atomic mass is 35.5. The Morgan fingerprint density at radius 3 is 2.37 bits per heavy atom. The number of alkyl halides is 3. The number of rotatable bonds is 5. The molecule has 6 rings (SSSR count). The van der Waals surface area contributed by atoms with E-state index in [1.807, 2.05) is 0 Å². The molecule has 2 aromatic heterocycles. The van der Waals surface area contributed by atoms with Crippen LogP contribution in [0, 0.1) is 0 Å². The molecule has 41 heavy (non-hydrogen) atoms. The normalized spacial score (nSPS) is 18.0. The average Bonchev–Trinajstić information content (AvgIpc) is 3.70. The molecule has 4 heterocycles. The van der Waals surface area contributed by atoms with Gasteiger partial charge >= 0.3 is 12.2 Å². The topological polar surface area (TPSA) is 93.4 Å². The van der Waals surface area contributed by atoms with Crippen molar-refractivity contribution in [3.05, 3.63) is 95.3 Å². The second-order valence-corrected chi connectivity index (χ2v) is 10.4. The van der Waals surface area contributed by atoms with Crippen molar-refractivity contribution in [2.45, 2.75) is 24.7 Å². The molecule has 3 N–H and O–H groups in total. The number of nitrogens with zero attached hydrogens (tertiary/aromatic N) is 3. The fourth-order valence-electron chi connectivity index (χ4n) is 5.40. The van der Waals surface area contributed by atoms with E-state index >= 15 is 0 Å². The highest BCUT2D eigenvalue weighted by Crippen LogP contribution is 2.36. The second kappa shape index (κ2) is 10.5. The van der Waals surface area contributed by atoms with Gasteiger partial charge in [-0.05, 0) is 42.3 Å². The first-order valence-electron chi connectivity index (χ1n) is 12.9. The number of amides is 3. The Morgan fingerprint density at radius 1 is 0.951 bits per heavy atom. The molecule has 2 aromatic carbocycles. The lowest BCUT2D eigenvalue weighted by atomic mass is 10.1. The zero-order valence-corrected chi connectivity index (χ0v) is 22.2. The minimum atomic E-state index is -4.74. The highest BCUT2D eigenvalue weighted by Gasteiger charge is 2.46. The molecule has 4 aromatic rings. The van der Waals surface area contributed by atoms with E-state index in [9.17, 15) is 22.8 Å². The van der Waals surface area contributed by atoms with Gasteiger partial charge in [0.05, 0.1) is 40.2 Å². The van der Waals surface area contributed by atoms with E-state index in [4.69, 9.17) is 11.6 Å². The highest BCUT2D eigenvalue weighted by molar-refractivity contribution is 6.33. The molecular weight excluding hydrogens is 557 g/mol. The molecule has 2 atom stereocenters. The molecule has 0 radical (unpaired) electrons. The SMILES string of the molecule is O=C(Nc1ccc(N2CC3CC2CN3C(=O)Nc2ccccc2Cl)nc1)c1cc(-c2ccccc2)[nH]c1C(F)(F)F. The Kier molecular flexibility index (Phi) is 6.82. The van der Waals surface area contributed by atoms with E-state index in [1.165, 1.54) is 12.3 Å². The Bertz CT molecular complexity index is 1590. The number of carbonyl (C=O) groups is 2. The van der Waals surface area contributed by atoms with Crippen LogP contribution in [-0.4, -0.2) is 52.0 Å². The van der Waals surface area contributed by atoms with E-state index in [0.29, 0.717) is 35.2 Å². The zero-order valence-electron chi connectivity index (χ0n) is 21.5. The number of aromatic amines is 1. The number of anilines is 3. The number of likely N-dealkylation sites (tertiary alicyclic amines) is 1. The summed E-state index contributed by atoms with van der Waals surface area (Å²) >= 11 is 6.16. The molecular formula is C29H24ClF3N6O2. The first-order chi connectivity index (χ1) is 19.7. The molecule has 0 spiro atoms. The van der Waals surface area contributed by atoms with Gasteiger partial charge in [-0.3, -0.25) is 4.79 Å². The van der Waals surface area contributed by atoms with Crippen LogP contribution in [0.1, 0.15) is 22.5 Å². The number of H-pyrrole nitrogens is 1. The van der Waals surface area contributed by atoms with E-state index in [0.717, 1.165) is 6.42 Å². The molecule has 3 amide bonds. The second-order valence-electron chi connectivity index (χ2n) is 9.95. The molecule has 210 valence electrons. The number of hydrogen-bond donors (Lipinski definition) is 3. The summed E-state index contributed by atoms with van der Waals surface area (Å²) in [4.78, 5) is 36.4. The number of benzene rings is 2. The van der Waals surface area contributed by atoms with Gasteiger partial charge in [-0.25, -0.2) is 9.78 Å². The maximum atomic E-state index is 13.7. The van der Waals surface area contributed by atoms with Gasteiger partial charge in [0.2, 0.25) is 0 Å². The van der Waals surface area contributed by atoms with Crippen molar-refractivity contribution in [3.8, 4) is 11.3 Å². The van der Waals surface area contributed by atoms with Crippen molar-refractivity contribution in [3.63, 3.8) is 0 Å². The number of halogens is 4. The van der Waals surface area contributed by atoms with Crippen molar-refractivity contribution in [1.29, 1.82) is 0 Å². The van der Waals surface area contributed by atoms with Crippen LogP contribution in [0.3, 0.4) is 0 Å². The fourth-order valence-corrected chi connectivity index (χ4v) is 5.59. The number of para-hydroxylation sites is 1. The standard InChI is InChI=1S/C29H24ClF3N6O2/c30-22-8-4-5-9-23(22)37-28(41)39-16-19-12-20(39)15-38(19)25-11-10-18(14-34-25)35-27(40)21-13-24(17-6-2-1-3-7-17)36-26(21)29(31,32)33/h1-11,13-14,19-20,36H,12,15-16H2,(H,35,40)(H,37,41). The van der Waals surface area contributed by atoms with Crippen LogP contribution in [-0.2, 0) is 6.18 Å². The van der Waals surface area contributed by atoms with Gasteiger partial charge in [-0.2, -0.15) is 13.2 Å². The predicted molar refractivity (Wildman–Crippen MR) is 150 cm³/mol. The molecule has 2 aliphatic heterocycles. The molecule has 2 aliphatic rings. The smallest absolute Gasteiger partial charge is 0.350 e. The third-order valence-electron chi connectivity index (χ3n) is 7.35. The van der Waals surface area contributed by atoms with Crippen molar-refractivity contribution >= 4 is 40.7 Å². The number of hydrogen-bond acceptors (Lipinski definition) is 4. The summed E-state index contributed by atoms with van der Waals surface area (Å²) in [5.41, 5.74) is -0.0870. The van der Waals surface area contributed by atoms with Crippen LogP contribution < -0.4 is 15.5 Å². The number of carbonyl (C=O) groups excluding carboxylic acids is 2. The van der Waals surface area contributed by atoms with Crippen LogP contribution in [0.2, 0.25) is 5.02 Å². The monoisotopic (exact) mass is 580 g/mol. The molecule has 2 unspecified atom stereocenters. The molecule has 8 nitrogen and oxygen atoms in total. The van der Waals surface area contributed by atoms with Crippen LogP contribution in [0.5, 0.6) is 0 Å². The Labute approximate surface area is 238 Å². The summed E-state index contributed by atoms with van der Waals surface area (Å²) in [6, 6.07) is 19.9. The number of pyridine rings is 1. The Morgan fingerprint density at radius 2 is 1.71 bits per heavy atom. The first-order valence-corrected chi connectivity index (χ1v) is 13.3. The lowest BCUT2D eigenvalue weighted by molar-refractivity contribution is -0.141. The van der Waals surface area contributed by atoms with Crippen molar-refractivity contribution in [1.82, 2.24) is 14.9 Å². The van der Waals surface area contributed by atoms with Crippen LogP contribution >= 0.6 is 11.6 Å². The summed E-state index contributed by atoms with van der Waals surface area (Å²) < 4.78 is 41.2. The van der Waals surface area contributed by atoms with Gasteiger partial charge in [0, 0.05) is 18.8 Å². The van der Waals surface area contributed by atoms with Gasteiger partial charge in [0.25, 0.3) is 5.91 Å². The number of piperazine rings is 1. The molecule has 12 heteroatoms. The third kappa shape index (κ3) is 5.32. The lowest BCUT2D eigenvalue weighted by Crippen LogP contribution is -2.50. The largest absolute Gasteiger partial charge is 0.432 e. The van der Waals surface area contributed by atoms with Gasteiger partial charge < -0.3 is 25.4 Å². The van der Waals surface area contributed by atoms with Crippen LogP contribution in [0.25, 0.3) is 11.3 Å². The summed E-state index contributed by atoms with van der Waals surface area (Å²) in [6.45, 7) is 1.10. The quantitative estimate of drug-likeness (QED) is 0.251. The number of nitrogens with one attached hydrogen (secondary N) is 3. The fraction of sp³-hybridized carbons (Fsp3) is 0.207. The molecule has 2 saturated heterocycles. The number of urea groups is 1. The van der Waals surface area contributed by atoms with E-state index in [2.05, 4.69) is 25.5 Å². The predicted octanol–water partition coefficient (Wildman–Crippen LogP) is 6.50. The van der Waals surface area contributed by atoms with E-state index < -0.39 is 23.3 Å². The Hall–Kier alpha value is -4.51. The van der Waals surface area contributed by atoms with Crippen LogP contribution in [0.4, 0.5) is 35.2 Å². The minimum Gasteiger partial charge on any atom is -0.350 e. The van der Waals surface area contributed by atoms with Crippen molar-refractivity contribution in [2.24, 2.45) is 0 Å². The third-order valence-corrected chi connectivity index (χ3v) is 7.68. The summed E-state index contributed by atoms with van der Waals surface area (Å²) in [7, 11) is 0. The van der Waals surface area contributed by atoms with Gasteiger partial charge in [-0.15, -0.1) is 0 Å². The van der Waals surface area contributed by atoms with Gasteiger partial charge in [-0.1, -0.05) is 54.1 Å². The number of fused-ring (bicyclic) bond motifs is 2. The van der Waals surface area contributed by atoms with E-state index in [-0.39, 0.29) is 29.5 Å².